The van der Waals surface area contributed by atoms with E-state index in [2.05, 4.69) is 11.9 Å². The van der Waals surface area contributed by atoms with Crippen molar-refractivity contribution >= 4 is 23.7 Å². The van der Waals surface area contributed by atoms with Gasteiger partial charge in [0, 0.05) is 49.8 Å². The summed E-state index contributed by atoms with van der Waals surface area (Å²) in [6.07, 6.45) is 2.73. The maximum atomic E-state index is 13.6. The second-order valence-corrected chi connectivity index (χ2v) is 11.7. The minimum Gasteiger partial charge on any atom is -0.444 e. The Hall–Kier alpha value is -2.03. The fourth-order valence-corrected chi connectivity index (χ4v) is 6.24. The first-order valence-corrected chi connectivity index (χ1v) is 13.1. The van der Waals surface area contributed by atoms with Crippen molar-refractivity contribution in [3.63, 3.8) is 0 Å². The molecule has 1 aromatic rings. The molecule has 192 valence electrons. The molecule has 0 N–H and O–H groups in total. The summed E-state index contributed by atoms with van der Waals surface area (Å²) < 4.78 is 11.5. The average Bonchev–Trinajstić information content (AvgIpc) is 3.01. The van der Waals surface area contributed by atoms with Crippen LogP contribution in [0.2, 0.25) is 5.02 Å². The largest absolute Gasteiger partial charge is 0.444 e. The minimum atomic E-state index is -0.584. The number of amides is 3. The fourth-order valence-electron chi connectivity index (χ4n) is 5.99. The maximum Gasteiger partial charge on any atom is 0.410 e. The molecule has 0 radical (unpaired) electrons. The molecule has 4 aliphatic rings. The second kappa shape index (κ2) is 9.45. The first kappa shape index (κ1) is 24.7. The summed E-state index contributed by atoms with van der Waals surface area (Å²) in [4.78, 5) is 34.8. The van der Waals surface area contributed by atoms with Crippen molar-refractivity contribution in [3.8, 4) is 0 Å². The Bertz CT molecular complexity index is 982. The lowest BCUT2D eigenvalue weighted by atomic mass is 9.90. The number of halogens is 1. The highest BCUT2D eigenvalue weighted by Gasteiger charge is 2.41. The van der Waals surface area contributed by atoms with E-state index in [4.69, 9.17) is 21.1 Å². The van der Waals surface area contributed by atoms with Crippen molar-refractivity contribution in [1.82, 2.24) is 19.6 Å². The Morgan fingerprint density at radius 1 is 1.09 bits per heavy atom. The Labute approximate surface area is 213 Å². The second-order valence-electron chi connectivity index (χ2n) is 11.3. The number of morpholine rings is 1. The summed E-state index contributed by atoms with van der Waals surface area (Å²) in [6.45, 7) is 9.69. The van der Waals surface area contributed by atoms with E-state index in [0.717, 1.165) is 36.2 Å². The molecule has 9 heteroatoms. The first-order valence-electron chi connectivity index (χ1n) is 12.7. The van der Waals surface area contributed by atoms with E-state index in [0.29, 0.717) is 50.0 Å². The van der Waals surface area contributed by atoms with E-state index >= 15 is 0 Å². The van der Waals surface area contributed by atoms with E-state index in [-0.39, 0.29) is 18.2 Å². The van der Waals surface area contributed by atoms with E-state index in [9.17, 15) is 9.59 Å². The summed E-state index contributed by atoms with van der Waals surface area (Å²) in [7, 11) is 2.18. The van der Waals surface area contributed by atoms with Gasteiger partial charge in [0.25, 0.3) is 0 Å². The molecule has 4 aliphatic heterocycles. The van der Waals surface area contributed by atoms with Crippen LogP contribution >= 0.6 is 11.6 Å². The van der Waals surface area contributed by atoms with Crippen LogP contribution in [0.4, 0.5) is 9.59 Å². The van der Waals surface area contributed by atoms with Gasteiger partial charge in [-0.15, -0.1) is 0 Å². The van der Waals surface area contributed by atoms with Crippen LogP contribution in [0.15, 0.2) is 12.1 Å². The number of carbonyl (C=O) groups excluding carboxylic acids is 2. The number of benzene rings is 1. The van der Waals surface area contributed by atoms with Crippen molar-refractivity contribution in [2.75, 3.05) is 46.4 Å². The molecule has 0 aromatic heterocycles. The molecule has 5 rings (SSSR count). The van der Waals surface area contributed by atoms with E-state index in [1.165, 1.54) is 12.8 Å². The number of hydrogen-bond acceptors (Lipinski definition) is 5. The lowest BCUT2D eigenvalue weighted by molar-refractivity contribution is -0.0334. The molecule has 1 aromatic carbocycles. The summed E-state index contributed by atoms with van der Waals surface area (Å²) in [5, 5.41) is 0.642. The van der Waals surface area contributed by atoms with Crippen LogP contribution < -0.4 is 0 Å². The van der Waals surface area contributed by atoms with Crippen LogP contribution in [-0.4, -0.2) is 95.8 Å². The summed E-state index contributed by atoms with van der Waals surface area (Å²) >= 11 is 6.54. The number of rotatable bonds is 1. The molecule has 0 spiro atoms. The van der Waals surface area contributed by atoms with Crippen molar-refractivity contribution in [1.29, 1.82) is 0 Å². The van der Waals surface area contributed by atoms with Gasteiger partial charge < -0.3 is 19.3 Å². The average molecular weight is 505 g/mol. The van der Waals surface area contributed by atoms with Crippen molar-refractivity contribution in [2.24, 2.45) is 0 Å². The Morgan fingerprint density at radius 3 is 2.49 bits per heavy atom. The maximum absolute atomic E-state index is 13.6. The number of piperazine rings is 1. The smallest absolute Gasteiger partial charge is 0.410 e. The zero-order chi connectivity index (χ0) is 24.9. The molecule has 35 heavy (non-hydrogen) atoms. The normalized spacial score (nSPS) is 27.1. The van der Waals surface area contributed by atoms with Gasteiger partial charge in [-0.1, -0.05) is 11.6 Å². The van der Waals surface area contributed by atoms with Gasteiger partial charge in [-0.3, -0.25) is 9.80 Å². The predicted octanol–water partition coefficient (Wildman–Crippen LogP) is 3.90. The quantitative estimate of drug-likeness (QED) is 0.580. The fraction of sp³-hybridized carbons (Fsp3) is 0.692. The van der Waals surface area contributed by atoms with E-state index in [1.807, 2.05) is 42.7 Å². The topological polar surface area (TPSA) is 65.6 Å². The Morgan fingerprint density at radius 2 is 1.80 bits per heavy atom. The van der Waals surface area contributed by atoms with Gasteiger partial charge in [0.2, 0.25) is 0 Å². The summed E-state index contributed by atoms with van der Waals surface area (Å²) in [6, 6.07) is 4.67. The molecule has 3 amide bonds. The SMILES string of the molecule is CN1C2CCC1CN(C(=O)N1CCc3cc(Cl)cc([C@@H]4COCCN4C(=O)OC(C)(C)C)c3C1)C2. The third-order valence-corrected chi connectivity index (χ3v) is 8.06. The van der Waals surface area contributed by atoms with Gasteiger partial charge in [0.1, 0.15) is 5.60 Å². The van der Waals surface area contributed by atoms with Crippen LogP contribution in [0.3, 0.4) is 0 Å². The number of carbonyl (C=O) groups is 2. The predicted molar refractivity (Wildman–Crippen MR) is 134 cm³/mol. The van der Waals surface area contributed by atoms with Crippen LogP contribution in [0.5, 0.6) is 0 Å². The number of likely N-dealkylation sites (tertiary alicyclic amines) is 1. The van der Waals surface area contributed by atoms with Crippen molar-refractivity contribution in [3.05, 3.63) is 33.8 Å². The number of urea groups is 1. The van der Waals surface area contributed by atoms with E-state index in [1.54, 1.807) is 4.90 Å². The molecule has 3 fully saturated rings. The Balaban J connectivity index is 1.39. The highest BCUT2D eigenvalue weighted by Crippen LogP contribution is 2.36. The minimum absolute atomic E-state index is 0.116. The van der Waals surface area contributed by atoms with Gasteiger partial charge in [-0.25, -0.2) is 9.59 Å². The lowest BCUT2D eigenvalue weighted by Gasteiger charge is -2.43. The molecular weight excluding hydrogens is 468 g/mol. The Kier molecular flexibility index (Phi) is 6.66. The van der Waals surface area contributed by atoms with Gasteiger partial charge in [0.05, 0.1) is 19.3 Å². The molecule has 2 unspecified atom stereocenters. The molecule has 8 nitrogen and oxygen atoms in total. The molecule has 3 atom stereocenters. The third-order valence-electron chi connectivity index (χ3n) is 7.85. The lowest BCUT2D eigenvalue weighted by Crippen LogP contribution is -2.57. The molecule has 0 saturated carbocycles. The van der Waals surface area contributed by atoms with Crippen LogP contribution in [0.25, 0.3) is 0 Å². The number of hydrogen-bond donors (Lipinski definition) is 0. The standard InChI is InChI=1S/C26H37ClN4O4/c1-26(2,3)35-25(33)31-9-10-34-16-23(31)21-12-18(27)11-17-7-8-29(15-22(17)21)24(32)30-13-19-5-6-20(14-30)28(19)4/h11-12,19-20,23H,5-10,13-16H2,1-4H3/t19?,20?,23-/m0/s1. The molecule has 2 bridgehead atoms. The van der Waals surface area contributed by atoms with Crippen molar-refractivity contribution in [2.45, 2.75) is 70.3 Å². The van der Waals surface area contributed by atoms with Gasteiger partial charge in [-0.2, -0.15) is 0 Å². The number of ether oxygens (including phenoxy) is 2. The first-order chi connectivity index (χ1) is 16.6. The zero-order valence-electron chi connectivity index (χ0n) is 21.3. The van der Waals surface area contributed by atoms with E-state index < -0.39 is 5.60 Å². The summed E-state index contributed by atoms with van der Waals surface area (Å²) in [5.41, 5.74) is 2.59. The number of likely N-dealkylation sites (N-methyl/N-ethyl adjacent to an activating group) is 1. The molecule has 0 aliphatic carbocycles. The van der Waals surface area contributed by atoms with Crippen LogP contribution in [0, 0.1) is 0 Å². The zero-order valence-corrected chi connectivity index (χ0v) is 22.0. The number of fused-ring (bicyclic) bond motifs is 3. The van der Waals surface area contributed by atoms with Crippen LogP contribution in [-0.2, 0) is 22.4 Å². The number of nitrogens with zero attached hydrogens (tertiary/aromatic N) is 4. The summed E-state index contributed by atoms with van der Waals surface area (Å²) in [5.74, 6) is 0. The van der Waals surface area contributed by atoms with Gasteiger partial charge in [0.15, 0.2) is 0 Å². The van der Waals surface area contributed by atoms with Gasteiger partial charge >= 0.3 is 12.1 Å². The van der Waals surface area contributed by atoms with Gasteiger partial charge in [-0.05, 0) is 75.9 Å². The highest BCUT2D eigenvalue weighted by atomic mass is 35.5. The van der Waals surface area contributed by atoms with Crippen LogP contribution in [0.1, 0.15) is 56.3 Å². The van der Waals surface area contributed by atoms with Crippen molar-refractivity contribution < 1.29 is 19.1 Å². The molecule has 4 heterocycles. The highest BCUT2D eigenvalue weighted by molar-refractivity contribution is 6.30. The molecule has 3 saturated heterocycles. The molecular formula is C26H37ClN4O4. The third kappa shape index (κ3) is 4.98. The monoisotopic (exact) mass is 504 g/mol.